The van der Waals surface area contributed by atoms with E-state index in [0.717, 1.165) is 22.3 Å². The minimum Gasteiger partial charge on any atom is -0.457 e. The topological polar surface area (TPSA) is 84.5 Å². The number of ether oxygens (including phenoxy) is 1. The van der Waals surface area contributed by atoms with Crippen molar-refractivity contribution in [2.45, 2.75) is 20.5 Å². The molecule has 2 amide bonds. The summed E-state index contributed by atoms with van der Waals surface area (Å²) < 4.78 is 5.16. The highest BCUT2D eigenvalue weighted by molar-refractivity contribution is 6.03. The third kappa shape index (κ3) is 7.67. The van der Waals surface area contributed by atoms with E-state index in [1.165, 1.54) is 6.08 Å². The van der Waals surface area contributed by atoms with Gasteiger partial charge in [-0.2, -0.15) is 0 Å². The quantitative estimate of drug-likeness (QED) is 0.285. The van der Waals surface area contributed by atoms with Crippen molar-refractivity contribution in [2.75, 3.05) is 10.6 Å². The maximum Gasteiger partial charge on any atom is 0.333 e. The molecule has 0 fully saturated rings. The van der Waals surface area contributed by atoms with Gasteiger partial charge in [-0.1, -0.05) is 55.6 Å². The molecule has 0 heterocycles. The van der Waals surface area contributed by atoms with Crippen molar-refractivity contribution in [3.05, 3.63) is 114 Å². The van der Waals surface area contributed by atoms with Crippen LogP contribution < -0.4 is 10.6 Å². The number of amides is 2. The van der Waals surface area contributed by atoms with Gasteiger partial charge in [0.25, 0.3) is 5.91 Å². The molecule has 3 rings (SSSR count). The molecule has 0 bridgehead atoms. The van der Waals surface area contributed by atoms with Crippen molar-refractivity contribution in [3.63, 3.8) is 0 Å². The predicted molar refractivity (Wildman–Crippen MR) is 144 cm³/mol. The fourth-order valence-electron chi connectivity index (χ4n) is 3.14. The normalized spacial score (nSPS) is 10.5. The Balaban J connectivity index is 1.56. The van der Waals surface area contributed by atoms with Crippen molar-refractivity contribution < 1.29 is 19.1 Å². The molecule has 182 valence electrons. The summed E-state index contributed by atoms with van der Waals surface area (Å²) in [7, 11) is 0. The van der Waals surface area contributed by atoms with Gasteiger partial charge < -0.3 is 15.4 Å². The van der Waals surface area contributed by atoms with Crippen molar-refractivity contribution in [1.29, 1.82) is 0 Å². The molecule has 0 aliphatic heterocycles. The Labute approximate surface area is 211 Å². The number of anilines is 2. The number of rotatable bonds is 9. The van der Waals surface area contributed by atoms with Gasteiger partial charge in [0.1, 0.15) is 6.61 Å². The van der Waals surface area contributed by atoms with Crippen molar-refractivity contribution in [1.82, 2.24) is 0 Å². The summed E-state index contributed by atoms with van der Waals surface area (Å²) in [6, 6.07) is 22.4. The Hall–Kier alpha value is -4.71. The van der Waals surface area contributed by atoms with Crippen LogP contribution in [-0.2, 0) is 25.7 Å². The third-order valence-corrected chi connectivity index (χ3v) is 5.11. The molecule has 0 atom stereocenters. The van der Waals surface area contributed by atoms with E-state index in [1.54, 1.807) is 19.9 Å². The predicted octanol–water partition coefficient (Wildman–Crippen LogP) is 6.14. The van der Waals surface area contributed by atoms with Crippen molar-refractivity contribution in [3.8, 4) is 11.1 Å². The van der Waals surface area contributed by atoms with E-state index in [4.69, 9.17) is 4.74 Å². The Kier molecular flexibility index (Phi) is 8.73. The summed E-state index contributed by atoms with van der Waals surface area (Å²) in [5.41, 5.74) is 5.74. The number of carbonyl (C=O) groups excluding carboxylic acids is 3. The standard InChI is InChI=1S/C30H28N2O4/c1-20(2)29(34)32-27-15-11-25(12-16-27)24-9-13-26(14-10-24)31-28(33)17-8-22-6-5-7-23(18-22)19-36-30(35)21(3)4/h5-18H,1,3,19H2,2,4H3,(H,31,33)(H,32,34)/b17-8+. The lowest BCUT2D eigenvalue weighted by Gasteiger charge is -2.08. The highest BCUT2D eigenvalue weighted by atomic mass is 16.5. The first-order valence-electron chi connectivity index (χ1n) is 11.3. The molecule has 36 heavy (non-hydrogen) atoms. The number of benzene rings is 3. The number of hydrogen-bond acceptors (Lipinski definition) is 4. The van der Waals surface area contributed by atoms with E-state index in [0.29, 0.717) is 22.5 Å². The lowest BCUT2D eigenvalue weighted by atomic mass is 10.0. The SMILES string of the molecule is C=C(C)C(=O)Nc1ccc(-c2ccc(NC(=O)/C=C/c3cccc(COC(=O)C(=C)C)c3)cc2)cc1. The van der Waals surface area contributed by atoms with Crippen LogP contribution in [0, 0.1) is 0 Å². The summed E-state index contributed by atoms with van der Waals surface area (Å²) >= 11 is 0. The summed E-state index contributed by atoms with van der Waals surface area (Å²) in [6.45, 7) is 10.6. The molecular weight excluding hydrogens is 452 g/mol. The highest BCUT2D eigenvalue weighted by Gasteiger charge is 2.05. The fourth-order valence-corrected chi connectivity index (χ4v) is 3.14. The first-order valence-corrected chi connectivity index (χ1v) is 11.3. The zero-order valence-corrected chi connectivity index (χ0v) is 20.3. The molecule has 0 radical (unpaired) electrons. The lowest BCUT2D eigenvalue weighted by molar-refractivity contribution is -0.140. The molecule has 6 heteroatoms. The lowest BCUT2D eigenvalue weighted by Crippen LogP contribution is -2.11. The van der Waals surface area contributed by atoms with Crippen LogP contribution in [0.4, 0.5) is 11.4 Å². The van der Waals surface area contributed by atoms with Gasteiger partial charge in [0.15, 0.2) is 0 Å². The van der Waals surface area contributed by atoms with Gasteiger partial charge in [0.2, 0.25) is 5.91 Å². The second kappa shape index (κ2) is 12.1. The molecule has 0 unspecified atom stereocenters. The van der Waals surface area contributed by atoms with Gasteiger partial charge in [-0.05, 0) is 72.5 Å². The van der Waals surface area contributed by atoms with Crippen molar-refractivity contribution >= 4 is 35.2 Å². The maximum atomic E-state index is 12.4. The van der Waals surface area contributed by atoms with Crippen LogP contribution in [0.2, 0.25) is 0 Å². The molecule has 2 N–H and O–H groups in total. The number of nitrogens with one attached hydrogen (secondary N) is 2. The molecule has 0 aliphatic carbocycles. The monoisotopic (exact) mass is 480 g/mol. The van der Waals surface area contributed by atoms with Gasteiger partial charge in [0, 0.05) is 28.6 Å². The largest absolute Gasteiger partial charge is 0.457 e. The summed E-state index contributed by atoms with van der Waals surface area (Å²) in [4.78, 5) is 35.7. The van der Waals surface area contributed by atoms with Crippen LogP contribution >= 0.6 is 0 Å². The number of esters is 1. The van der Waals surface area contributed by atoms with Crippen molar-refractivity contribution in [2.24, 2.45) is 0 Å². The number of hydrogen-bond donors (Lipinski definition) is 2. The summed E-state index contributed by atoms with van der Waals surface area (Å²) in [6.07, 6.45) is 3.15. The average Bonchev–Trinajstić information content (AvgIpc) is 2.87. The van der Waals surface area contributed by atoms with E-state index >= 15 is 0 Å². The zero-order valence-electron chi connectivity index (χ0n) is 20.3. The third-order valence-electron chi connectivity index (χ3n) is 5.11. The van der Waals surface area contributed by atoms with E-state index in [-0.39, 0.29) is 18.4 Å². The van der Waals surface area contributed by atoms with Gasteiger partial charge in [-0.3, -0.25) is 9.59 Å². The Morgan fingerprint density at radius 1 is 0.806 bits per heavy atom. The molecule has 0 aromatic heterocycles. The average molecular weight is 481 g/mol. The van der Waals surface area contributed by atoms with Crippen LogP contribution in [0.15, 0.2) is 103 Å². The highest BCUT2D eigenvalue weighted by Crippen LogP contribution is 2.23. The van der Waals surface area contributed by atoms with Crippen LogP contribution in [0.1, 0.15) is 25.0 Å². The molecular formula is C30H28N2O4. The molecule has 0 aliphatic rings. The van der Waals surface area contributed by atoms with E-state index < -0.39 is 5.97 Å². The molecule has 3 aromatic rings. The Bertz CT molecular complexity index is 1320. The Morgan fingerprint density at radius 3 is 1.94 bits per heavy atom. The van der Waals surface area contributed by atoms with Gasteiger partial charge in [-0.25, -0.2) is 4.79 Å². The summed E-state index contributed by atoms with van der Waals surface area (Å²) in [5, 5.41) is 5.62. The van der Waals surface area contributed by atoms with Gasteiger partial charge in [0.05, 0.1) is 0 Å². The zero-order chi connectivity index (χ0) is 26.1. The molecule has 6 nitrogen and oxygen atoms in total. The van der Waals surface area contributed by atoms with Crippen LogP contribution in [0.5, 0.6) is 0 Å². The molecule has 0 saturated carbocycles. The van der Waals surface area contributed by atoms with Crippen LogP contribution in [0.25, 0.3) is 17.2 Å². The number of carbonyl (C=O) groups is 3. The van der Waals surface area contributed by atoms with E-state index in [1.807, 2.05) is 72.8 Å². The van der Waals surface area contributed by atoms with E-state index in [9.17, 15) is 14.4 Å². The smallest absolute Gasteiger partial charge is 0.333 e. The maximum absolute atomic E-state index is 12.4. The first-order chi connectivity index (χ1) is 17.2. The summed E-state index contributed by atoms with van der Waals surface area (Å²) in [5.74, 6) is -0.918. The first kappa shape index (κ1) is 25.9. The minimum atomic E-state index is -0.439. The van der Waals surface area contributed by atoms with E-state index in [2.05, 4.69) is 23.8 Å². The second-order valence-electron chi connectivity index (χ2n) is 8.31. The van der Waals surface area contributed by atoms with Gasteiger partial charge >= 0.3 is 5.97 Å². The molecule has 0 saturated heterocycles. The van der Waals surface area contributed by atoms with Crippen LogP contribution in [0.3, 0.4) is 0 Å². The fraction of sp³-hybridized carbons (Fsp3) is 0.100. The second-order valence-corrected chi connectivity index (χ2v) is 8.31. The minimum absolute atomic E-state index is 0.137. The Morgan fingerprint density at radius 2 is 1.39 bits per heavy atom. The molecule has 0 spiro atoms. The molecule has 3 aromatic carbocycles. The van der Waals surface area contributed by atoms with Crippen LogP contribution in [-0.4, -0.2) is 17.8 Å². The van der Waals surface area contributed by atoms with Gasteiger partial charge in [-0.15, -0.1) is 0 Å².